The standard InChI is InChI=1S/C16H24N2O3/c1-5-13-8-6-7-12(2)16(13)17-14(19)11-18(3)10-9-15(20)21-4/h6-8H,5,9-11H2,1-4H3,(H,17,19). The fraction of sp³-hybridized carbons (Fsp3) is 0.500. The number of ether oxygens (including phenoxy) is 1. The van der Waals surface area contributed by atoms with Crippen molar-refractivity contribution in [2.45, 2.75) is 26.7 Å². The minimum Gasteiger partial charge on any atom is -0.469 e. The Morgan fingerprint density at radius 2 is 2.05 bits per heavy atom. The minimum absolute atomic E-state index is 0.0774. The number of likely N-dealkylation sites (N-methyl/N-ethyl adjacent to an activating group) is 1. The summed E-state index contributed by atoms with van der Waals surface area (Å²) < 4.78 is 4.58. The van der Waals surface area contributed by atoms with Crippen LogP contribution in [0.1, 0.15) is 24.5 Å². The zero-order chi connectivity index (χ0) is 15.8. The third-order valence-electron chi connectivity index (χ3n) is 3.34. The number of nitrogens with one attached hydrogen (secondary N) is 1. The molecule has 0 saturated heterocycles. The van der Waals surface area contributed by atoms with Crippen molar-refractivity contribution >= 4 is 17.6 Å². The first-order valence-electron chi connectivity index (χ1n) is 7.11. The SMILES string of the molecule is CCc1cccc(C)c1NC(=O)CN(C)CCC(=O)OC. The van der Waals surface area contributed by atoms with Crippen molar-refractivity contribution in [1.29, 1.82) is 0 Å². The van der Waals surface area contributed by atoms with Gasteiger partial charge in [0.15, 0.2) is 0 Å². The number of methoxy groups -OCH3 is 1. The third kappa shape index (κ3) is 5.55. The number of hydrogen-bond donors (Lipinski definition) is 1. The summed E-state index contributed by atoms with van der Waals surface area (Å²) in [4.78, 5) is 25.0. The van der Waals surface area contributed by atoms with Crippen LogP contribution in [0.2, 0.25) is 0 Å². The summed E-state index contributed by atoms with van der Waals surface area (Å²) in [6.07, 6.45) is 1.15. The maximum absolute atomic E-state index is 12.1. The summed E-state index contributed by atoms with van der Waals surface area (Å²) in [5.74, 6) is -0.346. The van der Waals surface area contributed by atoms with Gasteiger partial charge in [-0.1, -0.05) is 25.1 Å². The number of rotatable bonds is 7. The van der Waals surface area contributed by atoms with E-state index in [4.69, 9.17) is 0 Å². The van der Waals surface area contributed by atoms with Crippen molar-refractivity contribution in [3.63, 3.8) is 0 Å². The number of esters is 1. The molecule has 0 aliphatic heterocycles. The summed E-state index contributed by atoms with van der Waals surface area (Å²) >= 11 is 0. The van der Waals surface area contributed by atoms with E-state index in [1.54, 1.807) is 11.9 Å². The summed E-state index contributed by atoms with van der Waals surface area (Å²) in [5.41, 5.74) is 3.08. The molecule has 0 aliphatic rings. The molecule has 5 heteroatoms. The number of amides is 1. The zero-order valence-electron chi connectivity index (χ0n) is 13.2. The Kier molecular flexibility index (Phi) is 6.88. The highest BCUT2D eigenvalue weighted by Gasteiger charge is 2.12. The van der Waals surface area contributed by atoms with Gasteiger partial charge in [0.05, 0.1) is 20.1 Å². The van der Waals surface area contributed by atoms with Crippen molar-refractivity contribution in [2.75, 3.05) is 32.6 Å². The van der Waals surface area contributed by atoms with Crippen LogP contribution >= 0.6 is 0 Å². The molecule has 0 bridgehead atoms. The van der Waals surface area contributed by atoms with Crippen molar-refractivity contribution in [3.05, 3.63) is 29.3 Å². The Hall–Kier alpha value is -1.88. The molecule has 0 aliphatic carbocycles. The average Bonchev–Trinajstić information content (AvgIpc) is 2.46. The highest BCUT2D eigenvalue weighted by Crippen LogP contribution is 2.20. The van der Waals surface area contributed by atoms with E-state index in [9.17, 15) is 9.59 Å². The van der Waals surface area contributed by atoms with Gasteiger partial charge in [0, 0.05) is 12.2 Å². The molecule has 0 atom stereocenters. The second-order valence-electron chi connectivity index (χ2n) is 5.07. The van der Waals surface area contributed by atoms with Crippen LogP contribution in [-0.2, 0) is 20.7 Å². The average molecular weight is 292 g/mol. The Morgan fingerprint density at radius 1 is 1.33 bits per heavy atom. The molecule has 0 unspecified atom stereocenters. The quantitative estimate of drug-likeness (QED) is 0.781. The van der Waals surface area contributed by atoms with Crippen LogP contribution in [0, 0.1) is 6.92 Å². The Morgan fingerprint density at radius 3 is 2.67 bits per heavy atom. The van der Waals surface area contributed by atoms with E-state index in [-0.39, 0.29) is 24.8 Å². The van der Waals surface area contributed by atoms with Crippen molar-refractivity contribution < 1.29 is 14.3 Å². The number of nitrogens with zero attached hydrogens (tertiary/aromatic N) is 1. The topological polar surface area (TPSA) is 58.6 Å². The number of aryl methyl sites for hydroxylation is 2. The lowest BCUT2D eigenvalue weighted by molar-refractivity contribution is -0.141. The summed E-state index contributed by atoms with van der Waals surface area (Å²) in [5, 5.41) is 2.97. The molecular formula is C16H24N2O3. The molecule has 0 aromatic heterocycles. The molecule has 0 saturated carbocycles. The zero-order valence-corrected chi connectivity index (χ0v) is 13.2. The van der Waals surface area contributed by atoms with E-state index in [1.807, 2.05) is 25.1 Å². The van der Waals surface area contributed by atoms with Crippen LogP contribution < -0.4 is 5.32 Å². The number of carbonyl (C=O) groups excluding carboxylic acids is 2. The number of benzene rings is 1. The Balaban J connectivity index is 2.56. The molecule has 21 heavy (non-hydrogen) atoms. The number of para-hydroxylation sites is 1. The van der Waals surface area contributed by atoms with Gasteiger partial charge in [-0.3, -0.25) is 14.5 Å². The molecular weight excluding hydrogens is 268 g/mol. The second-order valence-corrected chi connectivity index (χ2v) is 5.07. The van der Waals surface area contributed by atoms with Gasteiger partial charge in [-0.25, -0.2) is 0 Å². The minimum atomic E-state index is -0.269. The smallest absolute Gasteiger partial charge is 0.306 e. The summed E-state index contributed by atoms with van der Waals surface area (Å²) in [6, 6.07) is 5.99. The molecule has 5 nitrogen and oxygen atoms in total. The lowest BCUT2D eigenvalue weighted by Gasteiger charge is -2.17. The van der Waals surface area contributed by atoms with Crippen LogP contribution in [-0.4, -0.2) is 44.0 Å². The number of anilines is 1. The predicted molar refractivity (Wildman–Crippen MR) is 83.3 cm³/mol. The van der Waals surface area contributed by atoms with Gasteiger partial charge in [-0.15, -0.1) is 0 Å². The molecule has 1 aromatic rings. The van der Waals surface area contributed by atoms with E-state index >= 15 is 0 Å². The normalized spacial score (nSPS) is 10.5. The van der Waals surface area contributed by atoms with E-state index < -0.39 is 0 Å². The molecule has 1 rings (SSSR count). The maximum atomic E-state index is 12.1. The highest BCUT2D eigenvalue weighted by molar-refractivity contribution is 5.93. The van der Waals surface area contributed by atoms with Gasteiger partial charge in [0.25, 0.3) is 0 Å². The van der Waals surface area contributed by atoms with E-state index in [1.165, 1.54) is 7.11 Å². The first-order chi connectivity index (χ1) is 9.97. The van der Waals surface area contributed by atoms with Crippen LogP contribution in [0.25, 0.3) is 0 Å². The molecule has 0 heterocycles. The van der Waals surface area contributed by atoms with Gasteiger partial charge in [-0.2, -0.15) is 0 Å². The monoisotopic (exact) mass is 292 g/mol. The number of carbonyl (C=O) groups is 2. The first kappa shape index (κ1) is 17.2. The van der Waals surface area contributed by atoms with E-state index in [0.717, 1.165) is 23.2 Å². The molecule has 0 spiro atoms. The fourth-order valence-electron chi connectivity index (χ4n) is 2.09. The lowest BCUT2D eigenvalue weighted by atomic mass is 10.1. The van der Waals surface area contributed by atoms with E-state index in [0.29, 0.717) is 6.54 Å². The van der Waals surface area contributed by atoms with Crippen LogP contribution in [0.4, 0.5) is 5.69 Å². The number of hydrogen-bond acceptors (Lipinski definition) is 4. The predicted octanol–water partition coefficient (Wildman–Crippen LogP) is 1.99. The lowest BCUT2D eigenvalue weighted by Crippen LogP contribution is -2.32. The van der Waals surface area contributed by atoms with Gasteiger partial charge in [0.2, 0.25) is 5.91 Å². The molecule has 116 valence electrons. The van der Waals surface area contributed by atoms with Crippen molar-refractivity contribution in [1.82, 2.24) is 4.90 Å². The highest BCUT2D eigenvalue weighted by atomic mass is 16.5. The van der Waals surface area contributed by atoms with Crippen LogP contribution in [0.5, 0.6) is 0 Å². The molecule has 0 radical (unpaired) electrons. The molecule has 1 amide bonds. The Bertz CT molecular complexity index is 500. The Labute approximate surface area is 126 Å². The molecule has 0 fully saturated rings. The van der Waals surface area contributed by atoms with Crippen LogP contribution in [0.3, 0.4) is 0 Å². The summed E-state index contributed by atoms with van der Waals surface area (Å²) in [7, 11) is 3.17. The van der Waals surface area contributed by atoms with E-state index in [2.05, 4.69) is 17.0 Å². The first-order valence-corrected chi connectivity index (χ1v) is 7.11. The largest absolute Gasteiger partial charge is 0.469 e. The van der Waals surface area contributed by atoms with Crippen molar-refractivity contribution in [2.24, 2.45) is 0 Å². The fourth-order valence-corrected chi connectivity index (χ4v) is 2.09. The van der Waals surface area contributed by atoms with Gasteiger partial charge < -0.3 is 10.1 Å². The third-order valence-corrected chi connectivity index (χ3v) is 3.34. The van der Waals surface area contributed by atoms with Crippen molar-refractivity contribution in [3.8, 4) is 0 Å². The molecule has 1 N–H and O–H groups in total. The second kappa shape index (κ2) is 8.42. The van der Waals surface area contributed by atoms with Gasteiger partial charge in [-0.05, 0) is 31.5 Å². The van der Waals surface area contributed by atoms with Gasteiger partial charge in [0.1, 0.15) is 0 Å². The summed E-state index contributed by atoms with van der Waals surface area (Å²) in [6.45, 7) is 4.78. The maximum Gasteiger partial charge on any atom is 0.306 e. The molecule has 1 aromatic carbocycles. The van der Waals surface area contributed by atoms with Crippen LogP contribution in [0.15, 0.2) is 18.2 Å². The van der Waals surface area contributed by atoms with Gasteiger partial charge >= 0.3 is 5.97 Å².